The van der Waals surface area contributed by atoms with Crippen LogP contribution in [-0.4, -0.2) is 47.3 Å². The molecular formula is C36H33ClN2O6. The van der Waals surface area contributed by atoms with Gasteiger partial charge in [-0.1, -0.05) is 66.6 Å². The van der Waals surface area contributed by atoms with Crippen molar-refractivity contribution < 1.29 is 29.0 Å². The van der Waals surface area contributed by atoms with Crippen LogP contribution >= 0.6 is 11.6 Å². The lowest BCUT2D eigenvalue weighted by atomic mass is 9.49. The van der Waals surface area contributed by atoms with E-state index < -0.39 is 46.8 Å². The average molecular weight is 625 g/mol. The highest BCUT2D eigenvalue weighted by Gasteiger charge is 2.70. The van der Waals surface area contributed by atoms with Crippen molar-refractivity contribution >= 4 is 40.9 Å². The Morgan fingerprint density at radius 1 is 0.933 bits per heavy atom. The van der Waals surface area contributed by atoms with Gasteiger partial charge in [-0.05, 0) is 67.1 Å². The number of ether oxygens (including phenoxy) is 1. The van der Waals surface area contributed by atoms with Crippen LogP contribution in [0.5, 0.6) is 11.5 Å². The van der Waals surface area contributed by atoms with Crippen LogP contribution in [0.3, 0.4) is 0 Å². The molecule has 2 heterocycles. The molecule has 0 unspecified atom stereocenters. The normalized spacial score (nSPS) is 29.0. The van der Waals surface area contributed by atoms with Crippen molar-refractivity contribution in [3.05, 3.63) is 101 Å². The van der Waals surface area contributed by atoms with Gasteiger partial charge in [0.05, 0.1) is 36.0 Å². The summed E-state index contributed by atoms with van der Waals surface area (Å²) >= 11 is 6.35. The largest absolute Gasteiger partial charge is 0.508 e. The SMILES string of the molecule is CCCN1C(=O)[C@H]2[C@H](CC=C3[C@H]2C[C@H]2C(=O)N(c4cccc(Cl)c4)C(=O)[C@@]2(c2ccccc2)[C@H]3c2cc(OC)ccc2O)C1=O. The van der Waals surface area contributed by atoms with E-state index >= 15 is 4.79 Å². The molecule has 0 spiro atoms. The van der Waals surface area contributed by atoms with Crippen LogP contribution in [0, 0.1) is 23.7 Å². The number of methoxy groups -OCH3 is 1. The summed E-state index contributed by atoms with van der Waals surface area (Å²) in [7, 11) is 1.52. The number of rotatable bonds is 6. The second kappa shape index (κ2) is 10.9. The molecule has 0 radical (unpaired) electrons. The van der Waals surface area contributed by atoms with Crippen LogP contribution in [0.2, 0.25) is 5.02 Å². The number of hydrogen-bond acceptors (Lipinski definition) is 6. The number of amides is 4. The molecule has 4 aliphatic rings. The molecule has 8 nitrogen and oxygen atoms in total. The Morgan fingerprint density at radius 3 is 2.42 bits per heavy atom. The van der Waals surface area contributed by atoms with Crippen LogP contribution in [0.15, 0.2) is 84.4 Å². The molecule has 45 heavy (non-hydrogen) atoms. The molecule has 0 aromatic heterocycles. The second-order valence-corrected chi connectivity index (χ2v) is 12.8. The summed E-state index contributed by atoms with van der Waals surface area (Å²) in [5, 5.41) is 11.9. The molecule has 9 heteroatoms. The number of phenolic OH excluding ortho intramolecular Hbond substituents is 1. The molecule has 2 aliphatic carbocycles. The van der Waals surface area contributed by atoms with E-state index in [1.807, 2.05) is 43.3 Å². The molecular weight excluding hydrogens is 592 g/mol. The van der Waals surface area contributed by atoms with Crippen molar-refractivity contribution in [1.82, 2.24) is 4.90 Å². The minimum Gasteiger partial charge on any atom is -0.508 e. The van der Waals surface area contributed by atoms with Gasteiger partial charge in [-0.25, -0.2) is 4.90 Å². The minimum atomic E-state index is -1.46. The highest BCUT2D eigenvalue weighted by molar-refractivity contribution is 6.32. The lowest BCUT2D eigenvalue weighted by Gasteiger charge is -2.50. The first-order valence-corrected chi connectivity index (χ1v) is 15.7. The number of fused-ring (bicyclic) bond motifs is 4. The summed E-state index contributed by atoms with van der Waals surface area (Å²) in [6.45, 7) is 2.26. The van der Waals surface area contributed by atoms with Gasteiger partial charge in [0.15, 0.2) is 0 Å². The Bertz CT molecular complexity index is 1770. The third-order valence-corrected chi connectivity index (χ3v) is 10.5. The zero-order chi connectivity index (χ0) is 31.6. The third-order valence-electron chi connectivity index (χ3n) is 10.3. The fraction of sp³-hybridized carbons (Fsp3) is 0.333. The van der Waals surface area contributed by atoms with Crippen molar-refractivity contribution in [2.75, 3.05) is 18.6 Å². The molecule has 230 valence electrons. The summed E-state index contributed by atoms with van der Waals surface area (Å²) < 4.78 is 5.57. The van der Waals surface area contributed by atoms with E-state index in [2.05, 4.69) is 0 Å². The van der Waals surface area contributed by atoms with E-state index in [-0.39, 0.29) is 24.0 Å². The van der Waals surface area contributed by atoms with Crippen LogP contribution in [-0.2, 0) is 24.6 Å². The molecule has 4 amide bonds. The van der Waals surface area contributed by atoms with Crippen molar-refractivity contribution in [1.29, 1.82) is 0 Å². The highest BCUT2D eigenvalue weighted by Crippen LogP contribution is 2.65. The number of carbonyl (C=O) groups is 4. The predicted molar refractivity (Wildman–Crippen MR) is 168 cm³/mol. The number of hydrogen-bond donors (Lipinski definition) is 1. The number of nitrogens with zero attached hydrogens (tertiary/aromatic N) is 2. The number of anilines is 1. The van der Waals surface area contributed by atoms with E-state index in [0.717, 1.165) is 5.57 Å². The number of likely N-dealkylation sites (tertiary alicyclic amines) is 1. The maximum Gasteiger partial charge on any atom is 0.246 e. The Kier molecular flexibility index (Phi) is 7.08. The Labute approximate surface area is 266 Å². The van der Waals surface area contributed by atoms with Gasteiger partial charge in [0.2, 0.25) is 23.6 Å². The number of imide groups is 2. The molecule has 2 saturated heterocycles. The smallest absolute Gasteiger partial charge is 0.246 e. The molecule has 3 fully saturated rings. The quantitative estimate of drug-likeness (QED) is 0.282. The van der Waals surface area contributed by atoms with Crippen LogP contribution in [0.4, 0.5) is 5.69 Å². The fourth-order valence-corrected chi connectivity index (χ4v) is 8.67. The van der Waals surface area contributed by atoms with Gasteiger partial charge in [-0.2, -0.15) is 0 Å². The molecule has 3 aromatic carbocycles. The van der Waals surface area contributed by atoms with Crippen molar-refractivity contribution in [3.63, 3.8) is 0 Å². The number of allylic oxidation sites excluding steroid dienone is 2. The zero-order valence-electron chi connectivity index (χ0n) is 25.0. The van der Waals surface area contributed by atoms with Gasteiger partial charge in [0, 0.05) is 23.0 Å². The lowest BCUT2D eigenvalue weighted by molar-refractivity contribution is -0.140. The van der Waals surface area contributed by atoms with Gasteiger partial charge in [-0.15, -0.1) is 0 Å². The highest BCUT2D eigenvalue weighted by atomic mass is 35.5. The average Bonchev–Trinajstić information content (AvgIpc) is 3.42. The first-order chi connectivity index (χ1) is 21.7. The number of benzene rings is 3. The van der Waals surface area contributed by atoms with E-state index in [1.165, 1.54) is 23.0 Å². The monoisotopic (exact) mass is 624 g/mol. The van der Waals surface area contributed by atoms with Gasteiger partial charge in [0.1, 0.15) is 11.5 Å². The third kappa shape index (κ3) is 4.11. The molecule has 7 rings (SSSR count). The summed E-state index contributed by atoms with van der Waals surface area (Å²) in [5.41, 5.74) is 0.733. The standard InChI is InChI=1S/C36H33ClN2O6/c1-3-16-38-32(41)25-14-13-24-26(30(25)34(38)43)19-28-33(42)39(22-11-7-10-21(37)17-22)35(44)36(28,20-8-5-4-6-9-20)31(24)27-18-23(45-2)12-15-29(27)40/h4-13,15,17-18,25-26,28,30-31,40H,3,14,16,19H2,1-2H3/t25-,26+,28-,30-,31+,36+/m0/s1. The van der Waals surface area contributed by atoms with Crippen LogP contribution in [0.25, 0.3) is 0 Å². The first kappa shape index (κ1) is 29.3. The van der Waals surface area contributed by atoms with Gasteiger partial charge >= 0.3 is 0 Å². The minimum absolute atomic E-state index is 0.0542. The summed E-state index contributed by atoms with van der Waals surface area (Å²) in [6.07, 6.45) is 3.15. The van der Waals surface area contributed by atoms with Gasteiger partial charge in [-0.3, -0.25) is 24.1 Å². The van der Waals surface area contributed by atoms with E-state index in [1.54, 1.807) is 36.4 Å². The zero-order valence-corrected chi connectivity index (χ0v) is 25.7. The van der Waals surface area contributed by atoms with Gasteiger partial charge in [0.25, 0.3) is 0 Å². The van der Waals surface area contributed by atoms with Crippen molar-refractivity contribution in [2.45, 2.75) is 37.5 Å². The summed E-state index contributed by atoms with van der Waals surface area (Å²) in [6, 6.07) is 20.7. The van der Waals surface area contributed by atoms with Crippen LogP contribution < -0.4 is 9.64 Å². The Balaban J connectivity index is 1.51. The molecule has 0 bridgehead atoms. The second-order valence-electron chi connectivity index (χ2n) is 12.3. The van der Waals surface area contributed by atoms with Crippen molar-refractivity contribution in [2.24, 2.45) is 23.7 Å². The topological polar surface area (TPSA) is 104 Å². The van der Waals surface area contributed by atoms with Gasteiger partial charge < -0.3 is 9.84 Å². The molecule has 1 saturated carbocycles. The molecule has 3 aromatic rings. The van der Waals surface area contributed by atoms with E-state index in [0.29, 0.717) is 47.0 Å². The fourth-order valence-electron chi connectivity index (χ4n) is 8.49. The summed E-state index contributed by atoms with van der Waals surface area (Å²) in [5.74, 6) is -4.23. The molecule has 1 N–H and O–H groups in total. The maximum absolute atomic E-state index is 15.2. The number of carbonyl (C=O) groups excluding carboxylic acids is 4. The Morgan fingerprint density at radius 2 is 1.71 bits per heavy atom. The Hall–Kier alpha value is -4.43. The molecule has 2 aliphatic heterocycles. The summed E-state index contributed by atoms with van der Waals surface area (Å²) in [4.78, 5) is 59.9. The van der Waals surface area contributed by atoms with E-state index in [9.17, 15) is 19.5 Å². The molecule has 6 atom stereocenters. The lowest BCUT2D eigenvalue weighted by Crippen LogP contribution is -2.53. The predicted octanol–water partition coefficient (Wildman–Crippen LogP) is 5.63. The number of phenols is 1. The first-order valence-electron chi connectivity index (χ1n) is 15.4. The maximum atomic E-state index is 15.2. The number of halogens is 1. The van der Waals surface area contributed by atoms with Crippen LogP contribution in [0.1, 0.15) is 43.2 Å². The number of aromatic hydroxyl groups is 1. The van der Waals surface area contributed by atoms with E-state index in [4.69, 9.17) is 16.3 Å². The van der Waals surface area contributed by atoms with Crippen molar-refractivity contribution in [3.8, 4) is 11.5 Å².